The Hall–Kier alpha value is -1.38. The number of aromatic nitrogens is 1. The molecule has 1 aromatic rings. The molecule has 1 aliphatic rings. The molecular weight excluding hydrogens is 270 g/mol. The summed E-state index contributed by atoms with van der Waals surface area (Å²) in [6.07, 6.45) is 1.30. The van der Waals surface area contributed by atoms with Crippen molar-refractivity contribution in [2.75, 3.05) is 33.2 Å². The number of aromatic carboxylic acids is 1. The molecule has 1 aliphatic heterocycles. The van der Waals surface area contributed by atoms with Crippen molar-refractivity contribution >= 4 is 16.2 Å². The van der Waals surface area contributed by atoms with Gasteiger partial charge in [-0.2, -0.15) is 12.7 Å². The first-order chi connectivity index (χ1) is 8.84. The number of nitrogens with zero attached hydrogens (tertiary/aromatic N) is 3. The fourth-order valence-electron chi connectivity index (χ4n) is 2.11. The molecule has 0 spiro atoms. The first kappa shape index (κ1) is 14.0. The number of piperazine rings is 1. The summed E-state index contributed by atoms with van der Waals surface area (Å²) in [6.45, 7) is 3.67. The summed E-state index contributed by atoms with van der Waals surface area (Å²) in [6, 6.07) is 1.31. The third-order valence-corrected chi connectivity index (χ3v) is 5.27. The molecule has 1 saturated heterocycles. The second kappa shape index (κ2) is 4.95. The van der Waals surface area contributed by atoms with Crippen molar-refractivity contribution in [3.05, 3.63) is 23.5 Å². The molecule has 0 atom stereocenters. The Balaban J connectivity index is 2.32. The van der Waals surface area contributed by atoms with Crippen LogP contribution in [0.15, 0.2) is 12.3 Å². The van der Waals surface area contributed by atoms with E-state index in [1.54, 1.807) is 0 Å². The third kappa shape index (κ3) is 2.51. The van der Waals surface area contributed by atoms with Crippen LogP contribution < -0.4 is 0 Å². The van der Waals surface area contributed by atoms with Crippen molar-refractivity contribution in [1.82, 2.24) is 13.2 Å². The maximum atomic E-state index is 12.4. The summed E-state index contributed by atoms with van der Waals surface area (Å²) in [5.41, 5.74) is 0.240. The SMILES string of the molecule is Cc1c(C(=O)O)ccn1S(=O)(=O)N1CCN(C)CC1. The van der Waals surface area contributed by atoms with E-state index < -0.39 is 16.2 Å². The Morgan fingerprint density at radius 3 is 2.32 bits per heavy atom. The van der Waals surface area contributed by atoms with Crippen LogP contribution in [-0.4, -0.2) is 65.9 Å². The van der Waals surface area contributed by atoms with Gasteiger partial charge >= 0.3 is 16.2 Å². The summed E-state index contributed by atoms with van der Waals surface area (Å²) in [5.74, 6) is -1.12. The fourth-order valence-corrected chi connectivity index (χ4v) is 3.65. The first-order valence-corrected chi connectivity index (χ1v) is 7.34. The molecule has 7 nitrogen and oxygen atoms in total. The topological polar surface area (TPSA) is 82.8 Å². The highest BCUT2D eigenvalue weighted by Gasteiger charge is 2.29. The molecule has 106 valence electrons. The van der Waals surface area contributed by atoms with Gasteiger partial charge in [0.15, 0.2) is 0 Å². The number of carbonyl (C=O) groups is 1. The van der Waals surface area contributed by atoms with E-state index in [9.17, 15) is 13.2 Å². The average Bonchev–Trinajstić information content (AvgIpc) is 2.72. The van der Waals surface area contributed by atoms with Crippen molar-refractivity contribution in [2.45, 2.75) is 6.92 Å². The zero-order valence-electron chi connectivity index (χ0n) is 10.9. The van der Waals surface area contributed by atoms with Crippen molar-refractivity contribution in [3.63, 3.8) is 0 Å². The van der Waals surface area contributed by atoms with E-state index in [2.05, 4.69) is 4.90 Å². The van der Waals surface area contributed by atoms with Gasteiger partial charge in [-0.1, -0.05) is 0 Å². The Bertz CT molecular complexity index is 585. The second-order valence-electron chi connectivity index (χ2n) is 4.63. The van der Waals surface area contributed by atoms with Gasteiger partial charge < -0.3 is 10.0 Å². The second-order valence-corrected chi connectivity index (χ2v) is 6.43. The van der Waals surface area contributed by atoms with E-state index in [1.807, 2.05) is 7.05 Å². The lowest BCUT2D eigenvalue weighted by Crippen LogP contribution is -2.48. The molecule has 1 fully saturated rings. The van der Waals surface area contributed by atoms with Crippen LogP contribution in [0.3, 0.4) is 0 Å². The molecule has 1 aromatic heterocycles. The monoisotopic (exact) mass is 287 g/mol. The van der Waals surface area contributed by atoms with Gasteiger partial charge in [0.05, 0.1) is 5.56 Å². The highest BCUT2D eigenvalue weighted by molar-refractivity contribution is 7.87. The largest absolute Gasteiger partial charge is 0.478 e. The molecule has 0 bridgehead atoms. The minimum absolute atomic E-state index is 0.0118. The Labute approximate surface area is 112 Å². The van der Waals surface area contributed by atoms with E-state index >= 15 is 0 Å². The molecule has 0 aromatic carbocycles. The van der Waals surface area contributed by atoms with Crippen LogP contribution in [0.2, 0.25) is 0 Å². The molecule has 0 aliphatic carbocycles. The van der Waals surface area contributed by atoms with Crippen LogP contribution in [0.25, 0.3) is 0 Å². The smallest absolute Gasteiger partial charge is 0.337 e. The molecule has 2 heterocycles. The highest BCUT2D eigenvalue weighted by Crippen LogP contribution is 2.16. The Kier molecular flexibility index (Phi) is 3.66. The molecule has 0 unspecified atom stereocenters. The van der Waals surface area contributed by atoms with Gasteiger partial charge in [0.2, 0.25) is 0 Å². The number of carboxylic acids is 1. The van der Waals surface area contributed by atoms with Gasteiger partial charge in [-0.15, -0.1) is 0 Å². The zero-order chi connectivity index (χ0) is 14.2. The number of hydrogen-bond donors (Lipinski definition) is 1. The number of hydrogen-bond acceptors (Lipinski definition) is 4. The predicted octanol–water partition coefficient (Wildman–Crippen LogP) is -0.165. The number of likely N-dealkylation sites (N-methyl/N-ethyl adjacent to an activating group) is 1. The maximum absolute atomic E-state index is 12.4. The maximum Gasteiger partial charge on any atom is 0.337 e. The van der Waals surface area contributed by atoms with Crippen LogP contribution >= 0.6 is 0 Å². The highest BCUT2D eigenvalue weighted by atomic mass is 32.2. The predicted molar refractivity (Wildman–Crippen MR) is 69.5 cm³/mol. The van der Waals surface area contributed by atoms with Crippen LogP contribution in [-0.2, 0) is 10.2 Å². The van der Waals surface area contributed by atoms with Crippen molar-refractivity contribution in [1.29, 1.82) is 0 Å². The van der Waals surface area contributed by atoms with Crippen LogP contribution in [0.5, 0.6) is 0 Å². The van der Waals surface area contributed by atoms with Gasteiger partial charge in [-0.3, -0.25) is 0 Å². The van der Waals surface area contributed by atoms with Gasteiger partial charge in [-0.25, -0.2) is 8.77 Å². The zero-order valence-corrected chi connectivity index (χ0v) is 11.7. The molecule has 1 N–H and O–H groups in total. The summed E-state index contributed by atoms with van der Waals surface area (Å²) in [7, 11) is -1.73. The van der Waals surface area contributed by atoms with E-state index in [0.717, 1.165) is 3.97 Å². The quantitative estimate of drug-likeness (QED) is 0.835. The Morgan fingerprint density at radius 1 is 1.26 bits per heavy atom. The molecule has 19 heavy (non-hydrogen) atoms. The van der Waals surface area contributed by atoms with E-state index in [0.29, 0.717) is 26.2 Å². The minimum atomic E-state index is -3.67. The van der Waals surface area contributed by atoms with Crippen LogP contribution in [0.1, 0.15) is 16.1 Å². The van der Waals surface area contributed by atoms with Crippen molar-refractivity contribution in [2.24, 2.45) is 0 Å². The van der Waals surface area contributed by atoms with E-state index in [-0.39, 0.29) is 11.3 Å². The minimum Gasteiger partial charge on any atom is -0.478 e. The average molecular weight is 287 g/mol. The fraction of sp³-hybridized carbons (Fsp3) is 0.545. The molecule has 0 saturated carbocycles. The third-order valence-electron chi connectivity index (χ3n) is 3.36. The molecule has 0 radical (unpaired) electrons. The Morgan fingerprint density at radius 2 is 1.84 bits per heavy atom. The van der Waals surface area contributed by atoms with Gasteiger partial charge in [0.25, 0.3) is 0 Å². The summed E-state index contributed by atoms with van der Waals surface area (Å²) >= 11 is 0. The van der Waals surface area contributed by atoms with Crippen molar-refractivity contribution < 1.29 is 18.3 Å². The first-order valence-electron chi connectivity index (χ1n) is 5.94. The van der Waals surface area contributed by atoms with Crippen molar-refractivity contribution in [3.8, 4) is 0 Å². The molecule has 0 amide bonds. The summed E-state index contributed by atoms with van der Waals surface area (Å²) in [5, 5.41) is 8.96. The van der Waals surface area contributed by atoms with Gasteiger partial charge in [0.1, 0.15) is 0 Å². The number of rotatable bonds is 3. The lowest BCUT2D eigenvalue weighted by Gasteiger charge is -2.31. The lowest BCUT2D eigenvalue weighted by atomic mass is 10.3. The summed E-state index contributed by atoms with van der Waals surface area (Å²) < 4.78 is 27.3. The normalized spacial score (nSPS) is 18.6. The number of carboxylic acid groups (broad SMARTS) is 1. The standard InChI is InChI=1S/C11H17N3O4S/c1-9-10(11(15)16)3-4-14(9)19(17,18)13-7-5-12(2)6-8-13/h3-4H,5-8H2,1-2H3,(H,15,16). The lowest BCUT2D eigenvalue weighted by molar-refractivity contribution is 0.0696. The van der Waals surface area contributed by atoms with Crippen LogP contribution in [0, 0.1) is 6.92 Å². The van der Waals surface area contributed by atoms with Crippen LogP contribution in [0.4, 0.5) is 0 Å². The van der Waals surface area contributed by atoms with Gasteiger partial charge in [-0.05, 0) is 20.0 Å². The molecule has 2 rings (SSSR count). The van der Waals surface area contributed by atoms with E-state index in [4.69, 9.17) is 5.11 Å². The van der Waals surface area contributed by atoms with E-state index in [1.165, 1.54) is 23.5 Å². The molecular formula is C11H17N3O4S. The summed E-state index contributed by atoms with van der Waals surface area (Å²) in [4.78, 5) is 13.0. The molecule has 8 heteroatoms. The van der Waals surface area contributed by atoms with Gasteiger partial charge in [0, 0.05) is 38.1 Å².